The summed E-state index contributed by atoms with van der Waals surface area (Å²) in [6.07, 6.45) is -0.775. The molecule has 3 N–H and O–H groups in total. The summed E-state index contributed by atoms with van der Waals surface area (Å²) < 4.78 is 10.6. The third-order valence-electron chi connectivity index (χ3n) is 4.05. The van der Waals surface area contributed by atoms with E-state index in [1.54, 1.807) is 43.8 Å². The smallest absolute Gasteiger partial charge is 0.191 e. The second kappa shape index (κ2) is 10.1. The van der Waals surface area contributed by atoms with Crippen molar-refractivity contribution >= 4 is 17.3 Å². The molecule has 1 heterocycles. The lowest BCUT2D eigenvalue weighted by atomic mass is 10.1. The van der Waals surface area contributed by atoms with Crippen molar-refractivity contribution in [1.82, 2.24) is 15.6 Å². The number of guanidine groups is 1. The van der Waals surface area contributed by atoms with Crippen molar-refractivity contribution < 1.29 is 14.6 Å². The first-order valence-corrected chi connectivity index (χ1v) is 9.65. The quantitative estimate of drug-likeness (QED) is 0.473. The van der Waals surface area contributed by atoms with E-state index in [0.29, 0.717) is 29.6 Å². The summed E-state index contributed by atoms with van der Waals surface area (Å²) in [5.41, 5.74) is 1.70. The monoisotopic (exact) mass is 392 g/mol. The number of benzene rings is 1. The van der Waals surface area contributed by atoms with Crippen LogP contribution in [0.2, 0.25) is 0 Å². The predicted molar refractivity (Wildman–Crippen MR) is 109 cm³/mol. The van der Waals surface area contributed by atoms with Crippen molar-refractivity contribution in [1.29, 1.82) is 0 Å². The van der Waals surface area contributed by atoms with Gasteiger partial charge < -0.3 is 25.2 Å². The summed E-state index contributed by atoms with van der Waals surface area (Å²) in [6, 6.07) is 5.35. The van der Waals surface area contributed by atoms with Gasteiger partial charge in [-0.3, -0.25) is 0 Å². The summed E-state index contributed by atoms with van der Waals surface area (Å²) >= 11 is 1.65. The maximum absolute atomic E-state index is 10.6. The number of hydrogen-bond acceptors (Lipinski definition) is 6. The van der Waals surface area contributed by atoms with Crippen LogP contribution < -0.4 is 20.1 Å². The van der Waals surface area contributed by atoms with Gasteiger partial charge in [-0.25, -0.2) is 9.98 Å². The summed E-state index contributed by atoms with van der Waals surface area (Å²) in [4.78, 5) is 10.3. The summed E-state index contributed by atoms with van der Waals surface area (Å²) in [6.45, 7) is 7.55. The first-order valence-electron chi connectivity index (χ1n) is 8.83. The molecule has 148 valence electrons. The van der Waals surface area contributed by atoms with Crippen molar-refractivity contribution in [3.05, 3.63) is 39.3 Å². The average molecular weight is 393 g/mol. The number of methoxy groups -OCH3 is 2. The van der Waals surface area contributed by atoms with Crippen molar-refractivity contribution in [2.75, 3.05) is 27.3 Å². The highest BCUT2D eigenvalue weighted by molar-refractivity contribution is 7.11. The molecule has 2 rings (SSSR count). The Labute approximate surface area is 164 Å². The molecule has 0 aliphatic carbocycles. The van der Waals surface area contributed by atoms with Gasteiger partial charge in [0.25, 0.3) is 0 Å². The van der Waals surface area contributed by atoms with Gasteiger partial charge in [0, 0.05) is 23.5 Å². The third-order valence-corrected chi connectivity index (χ3v) is 5.11. The standard InChI is InChI=1S/C19H28N4O3S/c1-6-20-19(22-11-18-23-12(2)13(3)27-18)21-10-16(24)15-9-14(25-4)7-8-17(15)26-5/h7-9,16,24H,6,10-11H2,1-5H3,(H2,20,21,22). The van der Waals surface area contributed by atoms with E-state index in [-0.39, 0.29) is 6.54 Å². The van der Waals surface area contributed by atoms with E-state index in [1.807, 2.05) is 13.8 Å². The molecule has 0 spiro atoms. The van der Waals surface area contributed by atoms with Crippen molar-refractivity contribution in [2.45, 2.75) is 33.4 Å². The van der Waals surface area contributed by atoms with Crippen molar-refractivity contribution in [2.24, 2.45) is 4.99 Å². The van der Waals surface area contributed by atoms with Crippen molar-refractivity contribution in [3.63, 3.8) is 0 Å². The van der Waals surface area contributed by atoms with Crippen LogP contribution in [0.3, 0.4) is 0 Å². The molecule has 0 aliphatic heterocycles. The van der Waals surface area contributed by atoms with Crippen LogP contribution in [0, 0.1) is 13.8 Å². The van der Waals surface area contributed by atoms with Crippen molar-refractivity contribution in [3.8, 4) is 11.5 Å². The normalized spacial score (nSPS) is 12.6. The molecule has 1 aromatic carbocycles. The third kappa shape index (κ3) is 5.83. The second-order valence-electron chi connectivity index (χ2n) is 5.95. The lowest BCUT2D eigenvalue weighted by Gasteiger charge is -2.18. The highest BCUT2D eigenvalue weighted by Crippen LogP contribution is 2.29. The molecule has 0 amide bonds. The Kier molecular flexibility index (Phi) is 7.87. The van der Waals surface area contributed by atoms with Gasteiger partial charge in [-0.2, -0.15) is 0 Å². The summed E-state index contributed by atoms with van der Waals surface area (Å²) in [5.74, 6) is 1.91. The van der Waals surface area contributed by atoms with Gasteiger partial charge in [0.2, 0.25) is 0 Å². The fourth-order valence-electron chi connectivity index (χ4n) is 2.50. The van der Waals surface area contributed by atoms with Gasteiger partial charge in [-0.15, -0.1) is 11.3 Å². The maximum atomic E-state index is 10.6. The lowest BCUT2D eigenvalue weighted by Crippen LogP contribution is -2.39. The molecule has 27 heavy (non-hydrogen) atoms. The van der Waals surface area contributed by atoms with Gasteiger partial charge in [0.1, 0.15) is 16.5 Å². The summed E-state index contributed by atoms with van der Waals surface area (Å²) in [7, 11) is 3.17. The largest absolute Gasteiger partial charge is 0.497 e. The zero-order valence-corrected chi connectivity index (χ0v) is 17.3. The number of aliphatic hydroxyl groups is 1. The first-order chi connectivity index (χ1) is 13.0. The van der Waals surface area contributed by atoms with E-state index in [1.165, 1.54) is 4.88 Å². The van der Waals surface area contributed by atoms with E-state index >= 15 is 0 Å². The number of rotatable bonds is 8. The number of ether oxygens (including phenoxy) is 2. The van der Waals surface area contributed by atoms with E-state index in [9.17, 15) is 5.11 Å². The van der Waals surface area contributed by atoms with E-state index in [4.69, 9.17) is 9.47 Å². The molecular weight excluding hydrogens is 364 g/mol. The number of aromatic nitrogens is 1. The zero-order valence-electron chi connectivity index (χ0n) is 16.5. The minimum atomic E-state index is -0.775. The number of aliphatic imine (C=N–C) groups is 1. The molecule has 0 bridgehead atoms. The number of thiazole rings is 1. The zero-order chi connectivity index (χ0) is 19.8. The Balaban J connectivity index is 2.05. The molecule has 7 nitrogen and oxygen atoms in total. The van der Waals surface area contributed by atoms with Crippen LogP contribution in [0.4, 0.5) is 0 Å². The number of nitrogens with one attached hydrogen (secondary N) is 2. The molecule has 1 aromatic heterocycles. The fourth-order valence-corrected chi connectivity index (χ4v) is 3.36. The molecule has 0 fully saturated rings. The van der Waals surface area contributed by atoms with Gasteiger partial charge in [0.15, 0.2) is 5.96 Å². The fraction of sp³-hybridized carbons (Fsp3) is 0.474. The van der Waals surface area contributed by atoms with Crippen LogP contribution in [0.15, 0.2) is 23.2 Å². The van der Waals surface area contributed by atoms with Crippen LogP contribution in [-0.2, 0) is 6.54 Å². The minimum absolute atomic E-state index is 0.283. The van der Waals surface area contributed by atoms with E-state index < -0.39 is 6.10 Å². The van der Waals surface area contributed by atoms with Gasteiger partial charge >= 0.3 is 0 Å². The second-order valence-corrected chi connectivity index (χ2v) is 7.24. The molecule has 2 aromatic rings. The SMILES string of the molecule is CCNC(=NCc1nc(C)c(C)s1)NCC(O)c1cc(OC)ccc1OC. The minimum Gasteiger partial charge on any atom is -0.497 e. The van der Waals surface area contributed by atoms with Crippen LogP contribution >= 0.6 is 11.3 Å². The van der Waals surface area contributed by atoms with Crippen LogP contribution in [0.1, 0.15) is 34.2 Å². The highest BCUT2D eigenvalue weighted by Gasteiger charge is 2.15. The number of aliphatic hydroxyl groups excluding tert-OH is 1. The first kappa shape index (κ1) is 21.0. The Morgan fingerprint density at radius 1 is 1.26 bits per heavy atom. The molecule has 0 saturated heterocycles. The number of nitrogens with zero attached hydrogens (tertiary/aromatic N) is 2. The Morgan fingerprint density at radius 2 is 2.04 bits per heavy atom. The average Bonchev–Trinajstić information content (AvgIpc) is 3.00. The lowest BCUT2D eigenvalue weighted by molar-refractivity contribution is 0.176. The van der Waals surface area contributed by atoms with E-state index in [2.05, 4.69) is 27.5 Å². The Bertz CT molecular complexity index is 757. The van der Waals surface area contributed by atoms with Gasteiger partial charge in [0.05, 0.1) is 32.6 Å². The topological polar surface area (TPSA) is 88.0 Å². The molecule has 0 radical (unpaired) electrons. The van der Waals surface area contributed by atoms with Crippen LogP contribution in [0.25, 0.3) is 0 Å². The molecule has 1 unspecified atom stereocenters. The molecular formula is C19H28N4O3S. The van der Waals surface area contributed by atoms with Crippen LogP contribution in [0.5, 0.6) is 11.5 Å². The number of hydrogen-bond donors (Lipinski definition) is 3. The van der Waals surface area contributed by atoms with E-state index in [0.717, 1.165) is 17.2 Å². The van der Waals surface area contributed by atoms with Gasteiger partial charge in [-0.1, -0.05) is 0 Å². The van der Waals surface area contributed by atoms with Crippen LogP contribution in [-0.4, -0.2) is 43.4 Å². The molecule has 0 saturated carbocycles. The summed E-state index contributed by atoms with van der Waals surface area (Å²) in [5, 5.41) is 17.9. The predicted octanol–water partition coefficient (Wildman–Crippen LogP) is 2.57. The Morgan fingerprint density at radius 3 is 2.63 bits per heavy atom. The number of aryl methyl sites for hydroxylation is 2. The Hall–Kier alpha value is -2.32. The highest BCUT2D eigenvalue weighted by atomic mass is 32.1. The van der Waals surface area contributed by atoms with Gasteiger partial charge in [-0.05, 0) is 39.0 Å². The molecule has 0 aliphatic rings. The maximum Gasteiger partial charge on any atom is 0.191 e. The molecule has 8 heteroatoms. The molecule has 1 atom stereocenters.